The van der Waals surface area contributed by atoms with Crippen LogP contribution in [-0.4, -0.2) is 28.0 Å². The number of aromatic nitrogens is 2. The van der Waals surface area contributed by atoms with Gasteiger partial charge in [0.1, 0.15) is 5.75 Å². The lowest BCUT2D eigenvalue weighted by Gasteiger charge is -2.03. The van der Waals surface area contributed by atoms with Crippen LogP contribution in [0.3, 0.4) is 0 Å². The number of ether oxygens (including phenoxy) is 1. The maximum absolute atomic E-state index is 9.22. The lowest BCUT2D eigenvalue weighted by atomic mass is 10.2. The molecule has 3 rings (SSSR count). The number of rotatable bonds is 3. The minimum atomic E-state index is 0.207. The van der Waals surface area contributed by atoms with Crippen LogP contribution in [0.2, 0.25) is 0 Å². The van der Waals surface area contributed by atoms with Crippen molar-refractivity contribution in [3.63, 3.8) is 0 Å². The van der Waals surface area contributed by atoms with Gasteiger partial charge in [-0.3, -0.25) is 0 Å². The first kappa shape index (κ1) is 11.2. The van der Waals surface area contributed by atoms with E-state index in [1.807, 2.05) is 0 Å². The summed E-state index contributed by atoms with van der Waals surface area (Å²) in [6.07, 6.45) is 3.03. The Balaban J connectivity index is 1.74. The van der Waals surface area contributed by atoms with E-state index in [-0.39, 0.29) is 11.9 Å². The van der Waals surface area contributed by atoms with Gasteiger partial charge in [0.25, 0.3) is 0 Å². The molecular weight excluding hydrogens is 232 g/mol. The summed E-state index contributed by atoms with van der Waals surface area (Å²) in [5, 5.41) is 13.2. The maximum atomic E-state index is 9.22. The minimum Gasteiger partial charge on any atom is -0.508 e. The zero-order valence-electron chi connectivity index (χ0n) is 9.87. The molecule has 1 unspecified atom stereocenters. The van der Waals surface area contributed by atoms with Gasteiger partial charge >= 0.3 is 0 Å². The van der Waals surface area contributed by atoms with E-state index in [1.54, 1.807) is 24.3 Å². The van der Waals surface area contributed by atoms with Gasteiger partial charge in [0.2, 0.25) is 11.7 Å². The Morgan fingerprint density at radius 3 is 2.83 bits per heavy atom. The Hall–Kier alpha value is -1.88. The van der Waals surface area contributed by atoms with Crippen LogP contribution in [0.1, 0.15) is 18.7 Å². The van der Waals surface area contributed by atoms with Crippen molar-refractivity contribution in [1.82, 2.24) is 10.1 Å². The number of benzene rings is 1. The zero-order chi connectivity index (χ0) is 12.4. The van der Waals surface area contributed by atoms with Gasteiger partial charge in [-0.2, -0.15) is 4.98 Å². The van der Waals surface area contributed by atoms with Crippen molar-refractivity contribution in [1.29, 1.82) is 0 Å². The molecule has 1 N–H and O–H groups in total. The number of phenolic OH excluding ortho intramolecular Hbond substituents is 1. The summed E-state index contributed by atoms with van der Waals surface area (Å²) >= 11 is 0. The second-order valence-electron chi connectivity index (χ2n) is 4.40. The van der Waals surface area contributed by atoms with Crippen molar-refractivity contribution in [3.05, 3.63) is 30.2 Å². The number of hydrogen-bond acceptors (Lipinski definition) is 5. The first-order chi connectivity index (χ1) is 8.81. The largest absolute Gasteiger partial charge is 0.508 e. The average molecular weight is 246 g/mol. The topological polar surface area (TPSA) is 68.4 Å². The van der Waals surface area contributed by atoms with Crippen LogP contribution in [-0.2, 0) is 11.2 Å². The molecule has 1 fully saturated rings. The van der Waals surface area contributed by atoms with Gasteiger partial charge in [0.15, 0.2) is 0 Å². The summed E-state index contributed by atoms with van der Waals surface area (Å²) in [5.41, 5.74) is 0.829. The molecule has 1 aromatic heterocycles. The van der Waals surface area contributed by atoms with Crippen molar-refractivity contribution in [2.45, 2.75) is 25.4 Å². The second-order valence-corrected chi connectivity index (χ2v) is 4.40. The third-order valence-corrected chi connectivity index (χ3v) is 3.02. The van der Waals surface area contributed by atoms with Crippen LogP contribution in [0, 0.1) is 0 Å². The van der Waals surface area contributed by atoms with E-state index >= 15 is 0 Å². The van der Waals surface area contributed by atoms with Crippen molar-refractivity contribution in [3.8, 4) is 17.1 Å². The lowest BCUT2D eigenvalue weighted by molar-refractivity contribution is 0.104. The van der Waals surface area contributed by atoms with Gasteiger partial charge in [0.05, 0.1) is 12.5 Å². The Morgan fingerprint density at radius 2 is 2.11 bits per heavy atom. The minimum absolute atomic E-state index is 0.207. The lowest BCUT2D eigenvalue weighted by Crippen LogP contribution is -2.08. The predicted molar refractivity (Wildman–Crippen MR) is 64.1 cm³/mol. The van der Waals surface area contributed by atoms with Crippen LogP contribution in [0.5, 0.6) is 5.75 Å². The predicted octanol–water partition coefficient (Wildman–Crippen LogP) is 2.16. The molecule has 0 aliphatic carbocycles. The van der Waals surface area contributed by atoms with Crippen LogP contribution in [0.25, 0.3) is 11.4 Å². The fourth-order valence-electron chi connectivity index (χ4n) is 2.07. The fourth-order valence-corrected chi connectivity index (χ4v) is 2.07. The van der Waals surface area contributed by atoms with Crippen molar-refractivity contribution in [2.75, 3.05) is 6.61 Å². The van der Waals surface area contributed by atoms with Crippen LogP contribution < -0.4 is 0 Å². The molecule has 5 heteroatoms. The van der Waals surface area contributed by atoms with Gasteiger partial charge in [-0.15, -0.1) is 0 Å². The standard InChI is InChI=1S/C13H14N2O3/c16-10-5-3-9(4-6-10)13-14-12(18-15-13)8-11-2-1-7-17-11/h3-6,11,16H,1-2,7-8H2. The smallest absolute Gasteiger partial charge is 0.229 e. The highest BCUT2D eigenvalue weighted by Crippen LogP contribution is 2.21. The summed E-state index contributed by atoms with van der Waals surface area (Å²) in [6.45, 7) is 0.823. The molecule has 0 saturated carbocycles. The molecular formula is C13H14N2O3. The van der Waals surface area contributed by atoms with Gasteiger partial charge < -0.3 is 14.4 Å². The van der Waals surface area contributed by atoms with E-state index < -0.39 is 0 Å². The highest BCUT2D eigenvalue weighted by atomic mass is 16.5. The molecule has 1 aliphatic heterocycles. The van der Waals surface area contributed by atoms with Gasteiger partial charge in [-0.05, 0) is 37.1 Å². The first-order valence-corrected chi connectivity index (χ1v) is 6.05. The van der Waals surface area contributed by atoms with Crippen LogP contribution >= 0.6 is 0 Å². The highest BCUT2D eigenvalue weighted by molar-refractivity contribution is 5.55. The summed E-state index contributed by atoms with van der Waals surface area (Å²) in [4.78, 5) is 4.33. The molecule has 18 heavy (non-hydrogen) atoms. The summed E-state index contributed by atoms with van der Waals surface area (Å²) in [5.74, 6) is 1.37. The summed E-state index contributed by atoms with van der Waals surface area (Å²) in [7, 11) is 0. The molecule has 0 bridgehead atoms. The number of nitrogens with zero attached hydrogens (tertiary/aromatic N) is 2. The van der Waals surface area contributed by atoms with Gasteiger partial charge in [-0.25, -0.2) is 0 Å². The monoisotopic (exact) mass is 246 g/mol. The van der Waals surface area contributed by atoms with E-state index in [4.69, 9.17) is 9.26 Å². The summed E-state index contributed by atoms with van der Waals surface area (Å²) in [6, 6.07) is 6.73. The van der Waals surface area contributed by atoms with E-state index in [1.165, 1.54) is 0 Å². The van der Waals surface area contributed by atoms with Gasteiger partial charge in [-0.1, -0.05) is 5.16 Å². The Bertz CT molecular complexity index is 515. The van der Waals surface area contributed by atoms with Crippen molar-refractivity contribution >= 4 is 0 Å². The van der Waals surface area contributed by atoms with Crippen LogP contribution in [0.4, 0.5) is 0 Å². The molecule has 0 spiro atoms. The molecule has 5 nitrogen and oxygen atoms in total. The molecule has 94 valence electrons. The third-order valence-electron chi connectivity index (χ3n) is 3.02. The molecule has 1 saturated heterocycles. The highest BCUT2D eigenvalue weighted by Gasteiger charge is 2.19. The molecule has 1 atom stereocenters. The van der Waals surface area contributed by atoms with E-state index in [9.17, 15) is 5.11 Å². The second kappa shape index (κ2) is 4.78. The molecule has 0 amide bonds. The molecule has 2 aromatic rings. The molecule has 1 aliphatic rings. The molecule has 2 heterocycles. The number of phenols is 1. The third kappa shape index (κ3) is 2.36. The zero-order valence-corrected chi connectivity index (χ0v) is 9.87. The first-order valence-electron chi connectivity index (χ1n) is 6.05. The summed E-state index contributed by atoms with van der Waals surface area (Å²) < 4.78 is 10.7. The SMILES string of the molecule is Oc1ccc(-c2noc(CC3CCCO3)n2)cc1. The Morgan fingerprint density at radius 1 is 1.28 bits per heavy atom. The molecule has 0 radical (unpaired) electrons. The normalized spacial score (nSPS) is 19.2. The van der Waals surface area contributed by atoms with E-state index in [0.29, 0.717) is 18.1 Å². The Labute approximate surface area is 104 Å². The quantitative estimate of drug-likeness (QED) is 0.898. The van der Waals surface area contributed by atoms with Crippen LogP contribution in [0.15, 0.2) is 28.8 Å². The van der Waals surface area contributed by atoms with E-state index in [0.717, 1.165) is 25.0 Å². The Kier molecular flexibility index (Phi) is 2.98. The fraction of sp³-hybridized carbons (Fsp3) is 0.385. The van der Waals surface area contributed by atoms with E-state index in [2.05, 4.69) is 10.1 Å². The molecule has 1 aromatic carbocycles. The van der Waals surface area contributed by atoms with Crippen molar-refractivity contribution < 1.29 is 14.4 Å². The van der Waals surface area contributed by atoms with Crippen molar-refractivity contribution in [2.24, 2.45) is 0 Å². The maximum Gasteiger partial charge on any atom is 0.229 e. The average Bonchev–Trinajstić information content (AvgIpc) is 3.02. The number of hydrogen-bond donors (Lipinski definition) is 1. The number of aromatic hydroxyl groups is 1. The van der Waals surface area contributed by atoms with Gasteiger partial charge in [0, 0.05) is 12.2 Å².